The second-order valence-electron chi connectivity index (χ2n) is 6.18. The van der Waals surface area contributed by atoms with E-state index < -0.39 is 0 Å². The number of hydrogen-bond donors (Lipinski definition) is 2. The summed E-state index contributed by atoms with van der Waals surface area (Å²) in [6.45, 7) is 7.62. The highest BCUT2D eigenvalue weighted by Crippen LogP contribution is 2.25. The molecule has 0 amide bonds. The van der Waals surface area contributed by atoms with Crippen molar-refractivity contribution in [1.29, 1.82) is 0 Å². The van der Waals surface area contributed by atoms with Gasteiger partial charge in [-0.05, 0) is 29.7 Å². The van der Waals surface area contributed by atoms with Crippen molar-refractivity contribution >= 4 is 0 Å². The molecular formula is C19H25NO. The Kier molecular flexibility index (Phi) is 5.03. The summed E-state index contributed by atoms with van der Waals surface area (Å²) in [7, 11) is 0. The maximum absolute atomic E-state index is 9.40. The standard InChI is InChI=1S/C19H25NO/c1-4-18(15-10-12-17(21)13-11-15)20-14-19(2,3)16-8-6-5-7-9-16/h5-13,18,20-21H,4,14H2,1-3H3. The van der Waals surface area contributed by atoms with Gasteiger partial charge in [-0.2, -0.15) is 0 Å². The predicted molar refractivity (Wildman–Crippen MR) is 88.6 cm³/mol. The maximum Gasteiger partial charge on any atom is 0.115 e. The minimum atomic E-state index is 0.0889. The number of rotatable bonds is 6. The topological polar surface area (TPSA) is 32.3 Å². The van der Waals surface area contributed by atoms with Gasteiger partial charge in [0.1, 0.15) is 5.75 Å². The van der Waals surface area contributed by atoms with Crippen LogP contribution in [0.2, 0.25) is 0 Å². The highest BCUT2D eigenvalue weighted by Gasteiger charge is 2.21. The van der Waals surface area contributed by atoms with Gasteiger partial charge in [0, 0.05) is 18.0 Å². The number of benzene rings is 2. The van der Waals surface area contributed by atoms with Crippen LogP contribution < -0.4 is 5.32 Å². The van der Waals surface area contributed by atoms with Gasteiger partial charge in [0.15, 0.2) is 0 Å². The van der Waals surface area contributed by atoms with E-state index in [4.69, 9.17) is 0 Å². The Hall–Kier alpha value is -1.80. The molecule has 0 saturated carbocycles. The van der Waals surface area contributed by atoms with E-state index in [9.17, 15) is 5.11 Å². The van der Waals surface area contributed by atoms with Crippen LogP contribution in [0.1, 0.15) is 44.4 Å². The molecule has 2 N–H and O–H groups in total. The van der Waals surface area contributed by atoms with Crippen LogP contribution >= 0.6 is 0 Å². The number of aromatic hydroxyl groups is 1. The average molecular weight is 283 g/mol. The predicted octanol–water partition coefficient (Wildman–Crippen LogP) is 4.41. The summed E-state index contributed by atoms with van der Waals surface area (Å²) in [6.07, 6.45) is 1.02. The van der Waals surface area contributed by atoms with Crippen molar-refractivity contribution in [3.8, 4) is 5.75 Å². The second-order valence-corrected chi connectivity index (χ2v) is 6.18. The zero-order valence-electron chi connectivity index (χ0n) is 13.1. The lowest BCUT2D eigenvalue weighted by molar-refractivity contribution is 0.415. The summed E-state index contributed by atoms with van der Waals surface area (Å²) < 4.78 is 0. The molecule has 1 unspecified atom stereocenters. The van der Waals surface area contributed by atoms with Crippen molar-refractivity contribution in [2.24, 2.45) is 0 Å². The Labute approximate surface area is 127 Å². The normalized spacial score (nSPS) is 13.1. The number of phenolic OH excluding ortho intramolecular Hbond substituents is 1. The van der Waals surface area contributed by atoms with E-state index >= 15 is 0 Å². The molecule has 1 atom stereocenters. The zero-order chi connectivity index (χ0) is 15.3. The molecule has 21 heavy (non-hydrogen) atoms. The Balaban J connectivity index is 2.04. The molecule has 0 radical (unpaired) electrons. The average Bonchev–Trinajstić information content (AvgIpc) is 2.50. The van der Waals surface area contributed by atoms with Crippen molar-refractivity contribution in [3.63, 3.8) is 0 Å². The smallest absolute Gasteiger partial charge is 0.115 e. The summed E-state index contributed by atoms with van der Waals surface area (Å²) in [5.41, 5.74) is 2.66. The molecule has 2 nitrogen and oxygen atoms in total. The van der Waals surface area contributed by atoms with Gasteiger partial charge >= 0.3 is 0 Å². The van der Waals surface area contributed by atoms with Crippen LogP contribution in [0.5, 0.6) is 5.75 Å². The van der Waals surface area contributed by atoms with E-state index in [1.54, 1.807) is 12.1 Å². The Bertz CT molecular complexity index is 546. The van der Waals surface area contributed by atoms with Crippen LogP contribution in [-0.4, -0.2) is 11.7 Å². The molecule has 2 heteroatoms. The maximum atomic E-state index is 9.40. The number of phenols is 1. The first kappa shape index (κ1) is 15.6. The summed E-state index contributed by atoms with van der Waals surface area (Å²) in [4.78, 5) is 0. The lowest BCUT2D eigenvalue weighted by Gasteiger charge is -2.29. The molecule has 2 aromatic rings. The largest absolute Gasteiger partial charge is 0.508 e. The van der Waals surface area contributed by atoms with E-state index in [0.717, 1.165) is 13.0 Å². The van der Waals surface area contributed by atoms with Crippen molar-refractivity contribution in [1.82, 2.24) is 5.32 Å². The fourth-order valence-corrected chi connectivity index (χ4v) is 2.57. The Morgan fingerprint density at radius 3 is 2.19 bits per heavy atom. The van der Waals surface area contributed by atoms with Crippen LogP contribution in [0, 0.1) is 0 Å². The van der Waals surface area contributed by atoms with Gasteiger partial charge in [-0.25, -0.2) is 0 Å². The van der Waals surface area contributed by atoms with Gasteiger partial charge in [0.05, 0.1) is 0 Å². The first-order valence-corrected chi connectivity index (χ1v) is 7.61. The van der Waals surface area contributed by atoms with Gasteiger partial charge in [-0.15, -0.1) is 0 Å². The Morgan fingerprint density at radius 2 is 1.62 bits per heavy atom. The van der Waals surface area contributed by atoms with E-state index in [2.05, 4.69) is 56.4 Å². The monoisotopic (exact) mass is 283 g/mol. The van der Waals surface area contributed by atoms with E-state index in [1.165, 1.54) is 11.1 Å². The highest BCUT2D eigenvalue weighted by atomic mass is 16.3. The molecule has 0 spiro atoms. The number of nitrogens with one attached hydrogen (secondary N) is 1. The third kappa shape index (κ3) is 4.08. The molecule has 0 aliphatic rings. The quantitative estimate of drug-likeness (QED) is 0.823. The lowest BCUT2D eigenvalue weighted by Crippen LogP contribution is -2.35. The molecule has 0 aliphatic heterocycles. The summed E-state index contributed by atoms with van der Waals surface area (Å²) in [6, 6.07) is 18.4. The third-order valence-corrected chi connectivity index (χ3v) is 4.05. The zero-order valence-corrected chi connectivity index (χ0v) is 13.1. The first-order valence-electron chi connectivity index (χ1n) is 7.61. The molecule has 0 aromatic heterocycles. The highest BCUT2D eigenvalue weighted by molar-refractivity contribution is 5.28. The molecule has 2 aromatic carbocycles. The molecular weight excluding hydrogens is 258 g/mol. The fraction of sp³-hybridized carbons (Fsp3) is 0.368. The van der Waals surface area contributed by atoms with Crippen LogP contribution in [-0.2, 0) is 5.41 Å². The van der Waals surface area contributed by atoms with Crippen molar-refractivity contribution in [2.45, 2.75) is 38.6 Å². The van der Waals surface area contributed by atoms with Crippen molar-refractivity contribution in [2.75, 3.05) is 6.54 Å². The van der Waals surface area contributed by atoms with Gasteiger partial charge in [-0.1, -0.05) is 63.2 Å². The van der Waals surface area contributed by atoms with Gasteiger partial charge < -0.3 is 10.4 Å². The van der Waals surface area contributed by atoms with E-state index in [-0.39, 0.29) is 5.41 Å². The van der Waals surface area contributed by atoms with Crippen LogP contribution in [0.4, 0.5) is 0 Å². The lowest BCUT2D eigenvalue weighted by atomic mass is 9.84. The van der Waals surface area contributed by atoms with Gasteiger partial charge in [0.2, 0.25) is 0 Å². The van der Waals surface area contributed by atoms with Crippen LogP contribution in [0.25, 0.3) is 0 Å². The molecule has 112 valence electrons. The summed E-state index contributed by atoms with van der Waals surface area (Å²) in [5, 5.41) is 13.1. The third-order valence-electron chi connectivity index (χ3n) is 4.05. The molecule has 0 saturated heterocycles. The minimum Gasteiger partial charge on any atom is -0.508 e. The fourth-order valence-electron chi connectivity index (χ4n) is 2.57. The summed E-state index contributed by atoms with van der Waals surface area (Å²) >= 11 is 0. The Morgan fingerprint density at radius 1 is 1.00 bits per heavy atom. The molecule has 2 rings (SSSR count). The minimum absolute atomic E-state index is 0.0889. The number of hydrogen-bond acceptors (Lipinski definition) is 2. The molecule has 0 fully saturated rings. The molecule has 0 heterocycles. The second kappa shape index (κ2) is 6.77. The van der Waals surface area contributed by atoms with Crippen LogP contribution in [0.15, 0.2) is 54.6 Å². The molecule has 0 aliphatic carbocycles. The van der Waals surface area contributed by atoms with Crippen molar-refractivity contribution < 1.29 is 5.11 Å². The van der Waals surface area contributed by atoms with Gasteiger partial charge in [0.25, 0.3) is 0 Å². The first-order chi connectivity index (χ1) is 10.0. The van der Waals surface area contributed by atoms with Crippen molar-refractivity contribution in [3.05, 3.63) is 65.7 Å². The summed E-state index contributed by atoms with van der Waals surface area (Å²) in [5.74, 6) is 0.318. The van der Waals surface area contributed by atoms with Gasteiger partial charge in [-0.3, -0.25) is 0 Å². The van der Waals surface area contributed by atoms with E-state index in [1.807, 2.05) is 12.1 Å². The SMILES string of the molecule is CCC(NCC(C)(C)c1ccccc1)c1ccc(O)cc1. The van der Waals surface area contributed by atoms with Crippen LogP contribution in [0.3, 0.4) is 0 Å². The molecule has 0 bridgehead atoms. The van der Waals surface area contributed by atoms with E-state index in [0.29, 0.717) is 11.8 Å².